The van der Waals surface area contributed by atoms with Gasteiger partial charge in [0.1, 0.15) is 12.3 Å². The van der Waals surface area contributed by atoms with Crippen LogP contribution in [0.2, 0.25) is 0 Å². The molecule has 6 nitrogen and oxygen atoms in total. The first-order valence-electron chi connectivity index (χ1n) is 5.42. The van der Waals surface area contributed by atoms with Gasteiger partial charge in [-0.25, -0.2) is 0 Å². The van der Waals surface area contributed by atoms with E-state index in [1.165, 1.54) is 18.2 Å². The third kappa shape index (κ3) is 3.44. The van der Waals surface area contributed by atoms with Crippen molar-refractivity contribution in [3.8, 4) is 0 Å². The fourth-order valence-electron chi connectivity index (χ4n) is 1.23. The predicted octanol–water partition coefficient (Wildman–Crippen LogP) is 2.27. The second-order valence-electron chi connectivity index (χ2n) is 4.98. The first kappa shape index (κ1) is 14.0. The summed E-state index contributed by atoms with van der Waals surface area (Å²) in [5, 5.41) is 10.6. The summed E-state index contributed by atoms with van der Waals surface area (Å²) < 4.78 is 5.08. The Hall–Kier alpha value is -2.11. The molecule has 0 spiro atoms. The Morgan fingerprint density at radius 1 is 1.44 bits per heavy atom. The van der Waals surface area contributed by atoms with Crippen LogP contribution in [0.3, 0.4) is 0 Å². The SMILES string of the molecule is CC(C)(C)C(=O)OCc1ccc([N+](=O)[O-])c(N)c1. The summed E-state index contributed by atoms with van der Waals surface area (Å²) in [6.45, 7) is 5.30. The van der Waals surface area contributed by atoms with Crippen molar-refractivity contribution in [3.05, 3.63) is 33.9 Å². The number of hydrogen-bond acceptors (Lipinski definition) is 5. The Balaban J connectivity index is 2.73. The third-order valence-electron chi connectivity index (χ3n) is 2.27. The van der Waals surface area contributed by atoms with Crippen molar-refractivity contribution in [2.45, 2.75) is 27.4 Å². The molecular formula is C12H16N2O4. The monoisotopic (exact) mass is 252 g/mol. The summed E-state index contributed by atoms with van der Waals surface area (Å²) in [6.07, 6.45) is 0. The maximum absolute atomic E-state index is 11.5. The van der Waals surface area contributed by atoms with Gasteiger partial charge in [0.25, 0.3) is 5.69 Å². The van der Waals surface area contributed by atoms with Gasteiger partial charge >= 0.3 is 5.97 Å². The number of nitro groups is 1. The van der Waals surface area contributed by atoms with Gasteiger partial charge in [-0.1, -0.05) is 0 Å². The number of hydrogen-bond donors (Lipinski definition) is 1. The van der Waals surface area contributed by atoms with Gasteiger partial charge in [0.2, 0.25) is 0 Å². The molecule has 0 aromatic heterocycles. The molecule has 0 aliphatic carbocycles. The maximum Gasteiger partial charge on any atom is 0.311 e. The highest BCUT2D eigenvalue weighted by atomic mass is 16.6. The van der Waals surface area contributed by atoms with E-state index in [0.29, 0.717) is 5.56 Å². The summed E-state index contributed by atoms with van der Waals surface area (Å²) in [5.74, 6) is -0.334. The standard InChI is InChI=1S/C12H16N2O4/c1-12(2,3)11(15)18-7-8-4-5-10(14(16)17)9(13)6-8/h4-6H,7,13H2,1-3H3. The van der Waals surface area contributed by atoms with Gasteiger partial charge in [-0.05, 0) is 38.5 Å². The molecule has 0 aliphatic heterocycles. The van der Waals surface area contributed by atoms with E-state index in [1.54, 1.807) is 20.8 Å². The number of anilines is 1. The van der Waals surface area contributed by atoms with Crippen LogP contribution in [0.1, 0.15) is 26.3 Å². The van der Waals surface area contributed by atoms with Crippen molar-refractivity contribution in [3.63, 3.8) is 0 Å². The van der Waals surface area contributed by atoms with Crippen LogP contribution in [0.5, 0.6) is 0 Å². The number of nitro benzene ring substituents is 1. The molecule has 0 fully saturated rings. The van der Waals surface area contributed by atoms with E-state index in [2.05, 4.69) is 0 Å². The van der Waals surface area contributed by atoms with E-state index in [0.717, 1.165) is 0 Å². The molecule has 1 aromatic rings. The number of carbonyl (C=O) groups excluding carboxylic acids is 1. The zero-order chi connectivity index (χ0) is 13.9. The van der Waals surface area contributed by atoms with Crippen LogP contribution in [0.4, 0.5) is 11.4 Å². The maximum atomic E-state index is 11.5. The molecule has 1 aromatic carbocycles. The average molecular weight is 252 g/mol. The molecule has 98 valence electrons. The van der Waals surface area contributed by atoms with E-state index in [1.807, 2.05) is 0 Å². The molecular weight excluding hydrogens is 236 g/mol. The van der Waals surface area contributed by atoms with Crippen LogP contribution >= 0.6 is 0 Å². The highest BCUT2D eigenvalue weighted by Gasteiger charge is 2.23. The number of ether oxygens (including phenoxy) is 1. The van der Waals surface area contributed by atoms with Crippen LogP contribution in [0, 0.1) is 15.5 Å². The van der Waals surface area contributed by atoms with Gasteiger partial charge in [-0.3, -0.25) is 14.9 Å². The lowest BCUT2D eigenvalue weighted by molar-refractivity contribution is -0.383. The molecule has 18 heavy (non-hydrogen) atoms. The van der Waals surface area contributed by atoms with Gasteiger partial charge in [-0.2, -0.15) is 0 Å². The Morgan fingerprint density at radius 2 is 2.06 bits per heavy atom. The van der Waals surface area contributed by atoms with Crippen LogP contribution < -0.4 is 5.73 Å². The molecule has 0 radical (unpaired) electrons. The largest absolute Gasteiger partial charge is 0.460 e. The van der Waals surface area contributed by atoms with Gasteiger partial charge < -0.3 is 10.5 Å². The van der Waals surface area contributed by atoms with Crippen molar-refractivity contribution in [2.24, 2.45) is 5.41 Å². The predicted molar refractivity (Wildman–Crippen MR) is 66.8 cm³/mol. The summed E-state index contributed by atoms with van der Waals surface area (Å²) in [5.41, 5.74) is 5.48. The Kier molecular flexibility index (Phi) is 3.90. The minimum atomic E-state index is -0.577. The summed E-state index contributed by atoms with van der Waals surface area (Å²) in [6, 6.07) is 4.26. The lowest BCUT2D eigenvalue weighted by Gasteiger charge is -2.16. The summed E-state index contributed by atoms with van der Waals surface area (Å²) in [4.78, 5) is 21.6. The van der Waals surface area contributed by atoms with Crippen LogP contribution in [0.15, 0.2) is 18.2 Å². The van der Waals surface area contributed by atoms with E-state index >= 15 is 0 Å². The number of esters is 1. The quantitative estimate of drug-likeness (QED) is 0.385. The van der Waals surface area contributed by atoms with Gasteiger partial charge in [0.05, 0.1) is 10.3 Å². The van der Waals surface area contributed by atoms with Crippen LogP contribution in [-0.2, 0) is 16.1 Å². The third-order valence-corrected chi connectivity index (χ3v) is 2.27. The minimum Gasteiger partial charge on any atom is -0.460 e. The Bertz CT molecular complexity index is 477. The number of benzene rings is 1. The molecule has 0 bridgehead atoms. The van der Waals surface area contributed by atoms with Crippen LogP contribution in [-0.4, -0.2) is 10.9 Å². The molecule has 0 saturated heterocycles. The second kappa shape index (κ2) is 5.03. The summed E-state index contributed by atoms with van der Waals surface area (Å²) in [7, 11) is 0. The van der Waals surface area contributed by atoms with Crippen molar-refractivity contribution in [1.82, 2.24) is 0 Å². The van der Waals surface area contributed by atoms with Crippen LogP contribution in [0.25, 0.3) is 0 Å². The second-order valence-corrected chi connectivity index (χ2v) is 4.98. The van der Waals surface area contributed by atoms with Crippen molar-refractivity contribution in [2.75, 3.05) is 5.73 Å². The van der Waals surface area contributed by atoms with Gasteiger partial charge in [-0.15, -0.1) is 0 Å². The van der Waals surface area contributed by atoms with Gasteiger partial charge in [0.15, 0.2) is 0 Å². The zero-order valence-electron chi connectivity index (χ0n) is 10.6. The van der Waals surface area contributed by atoms with E-state index < -0.39 is 10.3 Å². The number of rotatable bonds is 3. The normalized spacial score (nSPS) is 11.1. The van der Waals surface area contributed by atoms with Crippen molar-refractivity contribution in [1.29, 1.82) is 0 Å². The topological polar surface area (TPSA) is 95.5 Å². The van der Waals surface area contributed by atoms with E-state index in [4.69, 9.17) is 10.5 Å². The number of nitrogens with zero attached hydrogens (tertiary/aromatic N) is 1. The highest BCUT2D eigenvalue weighted by Crippen LogP contribution is 2.23. The molecule has 0 heterocycles. The lowest BCUT2D eigenvalue weighted by Crippen LogP contribution is -2.22. The fourth-order valence-corrected chi connectivity index (χ4v) is 1.23. The first-order chi connectivity index (χ1) is 8.21. The van der Waals surface area contributed by atoms with Crippen molar-refractivity contribution >= 4 is 17.3 Å². The lowest BCUT2D eigenvalue weighted by atomic mass is 9.97. The zero-order valence-corrected chi connectivity index (χ0v) is 10.6. The minimum absolute atomic E-state index is 0.0539. The number of carbonyl (C=O) groups is 1. The fraction of sp³-hybridized carbons (Fsp3) is 0.417. The molecule has 0 aliphatic rings. The Morgan fingerprint density at radius 3 is 2.50 bits per heavy atom. The van der Waals surface area contributed by atoms with E-state index in [-0.39, 0.29) is 24.0 Å². The highest BCUT2D eigenvalue weighted by molar-refractivity contribution is 5.75. The molecule has 0 amide bonds. The number of nitrogens with two attached hydrogens (primary N) is 1. The molecule has 6 heteroatoms. The molecule has 0 atom stereocenters. The molecule has 0 saturated carbocycles. The number of nitrogen functional groups attached to an aromatic ring is 1. The Labute approximate surface area is 105 Å². The summed E-state index contributed by atoms with van der Waals surface area (Å²) >= 11 is 0. The molecule has 1 rings (SSSR count). The van der Waals surface area contributed by atoms with Crippen molar-refractivity contribution < 1.29 is 14.5 Å². The average Bonchev–Trinajstić information content (AvgIpc) is 2.24. The first-order valence-corrected chi connectivity index (χ1v) is 5.42. The smallest absolute Gasteiger partial charge is 0.311 e. The van der Waals surface area contributed by atoms with E-state index in [9.17, 15) is 14.9 Å². The molecule has 0 unspecified atom stereocenters. The molecule has 2 N–H and O–H groups in total. The van der Waals surface area contributed by atoms with Gasteiger partial charge in [0, 0.05) is 6.07 Å².